The van der Waals surface area contributed by atoms with Crippen LogP contribution in [-0.4, -0.2) is 17.8 Å². The standard InChI is InChI=1S/C6H9O2.Rb/c1-2-3-4-6(8)5-7;/h6-7H,4-5H2,1H3;/q-1;+1/t6-;/m1./s1. The maximum absolute atomic E-state index is 10.3. The van der Waals surface area contributed by atoms with Gasteiger partial charge in [-0.1, -0.05) is 6.10 Å². The average Bonchev–Trinajstić information content (AvgIpc) is 1.83. The minimum absolute atomic E-state index is 0. The van der Waals surface area contributed by atoms with Crippen molar-refractivity contribution in [2.75, 3.05) is 6.61 Å². The second kappa shape index (κ2) is 9.29. The monoisotopic (exact) mass is 198 g/mol. The van der Waals surface area contributed by atoms with Crippen LogP contribution in [0.3, 0.4) is 0 Å². The molecular weight excluding hydrogens is 190 g/mol. The van der Waals surface area contributed by atoms with Gasteiger partial charge in [0.05, 0.1) is 0 Å². The Hall–Kier alpha value is 1.29. The second-order valence-corrected chi connectivity index (χ2v) is 1.44. The number of aliphatic hydroxyl groups is 1. The van der Waals surface area contributed by atoms with Crippen molar-refractivity contribution in [1.29, 1.82) is 0 Å². The van der Waals surface area contributed by atoms with Crippen LogP contribution in [0.2, 0.25) is 0 Å². The number of hydrogen-bond donors (Lipinski definition) is 1. The molecule has 0 radical (unpaired) electrons. The molecule has 0 aromatic carbocycles. The largest absolute Gasteiger partial charge is 1.00 e. The van der Waals surface area contributed by atoms with Crippen molar-refractivity contribution in [2.45, 2.75) is 19.4 Å². The van der Waals surface area contributed by atoms with E-state index in [0.717, 1.165) is 0 Å². The minimum Gasteiger partial charge on any atom is -0.850 e. The van der Waals surface area contributed by atoms with Gasteiger partial charge in [0.15, 0.2) is 0 Å². The molecule has 9 heavy (non-hydrogen) atoms. The maximum Gasteiger partial charge on any atom is 1.00 e. The molecule has 0 aromatic heterocycles. The molecule has 0 bridgehead atoms. The predicted octanol–water partition coefficient (Wildman–Crippen LogP) is -3.87. The molecule has 0 fully saturated rings. The second-order valence-electron chi connectivity index (χ2n) is 1.44. The predicted molar refractivity (Wildman–Crippen MR) is 28.9 cm³/mol. The summed E-state index contributed by atoms with van der Waals surface area (Å²) in [5.74, 6) is 5.15. The maximum atomic E-state index is 10.3. The molecule has 0 saturated heterocycles. The molecule has 3 heteroatoms. The van der Waals surface area contributed by atoms with E-state index in [4.69, 9.17) is 5.11 Å². The third-order valence-electron chi connectivity index (χ3n) is 0.710. The van der Waals surface area contributed by atoms with Crippen LogP contribution in [0, 0.1) is 11.8 Å². The Morgan fingerprint density at radius 2 is 2.22 bits per heavy atom. The number of rotatable bonds is 2. The fraction of sp³-hybridized carbons (Fsp3) is 0.667. The molecule has 1 atom stereocenters. The Balaban J connectivity index is 0. The summed E-state index contributed by atoms with van der Waals surface area (Å²) in [7, 11) is 0. The zero-order valence-corrected chi connectivity index (χ0v) is 10.8. The van der Waals surface area contributed by atoms with Crippen LogP contribution >= 0.6 is 0 Å². The Morgan fingerprint density at radius 3 is 2.56 bits per heavy atom. The molecule has 0 aromatic rings. The molecule has 0 amide bonds. The van der Waals surface area contributed by atoms with Gasteiger partial charge in [0.25, 0.3) is 0 Å². The van der Waals surface area contributed by atoms with Gasteiger partial charge in [-0.3, -0.25) is 0 Å². The van der Waals surface area contributed by atoms with Gasteiger partial charge in [0.2, 0.25) is 0 Å². The van der Waals surface area contributed by atoms with Crippen LogP contribution in [0.1, 0.15) is 13.3 Å². The molecule has 2 nitrogen and oxygen atoms in total. The first kappa shape index (κ1) is 12.9. The van der Waals surface area contributed by atoms with Crippen molar-refractivity contribution >= 4 is 0 Å². The summed E-state index contributed by atoms with van der Waals surface area (Å²) in [4.78, 5) is 0. The first-order chi connectivity index (χ1) is 3.81. The minimum atomic E-state index is -0.914. The van der Waals surface area contributed by atoms with E-state index >= 15 is 0 Å². The Kier molecular flexibility index (Phi) is 13.3. The summed E-state index contributed by atoms with van der Waals surface area (Å²) in [5, 5.41) is 18.5. The smallest absolute Gasteiger partial charge is 0.850 e. The van der Waals surface area contributed by atoms with Crippen molar-refractivity contribution in [1.82, 2.24) is 0 Å². The molecule has 0 aliphatic carbocycles. The van der Waals surface area contributed by atoms with Crippen LogP contribution in [0.25, 0.3) is 0 Å². The number of aliphatic hydroxyl groups excluding tert-OH is 1. The molecule has 1 N–H and O–H groups in total. The first-order valence-corrected chi connectivity index (χ1v) is 2.47. The van der Waals surface area contributed by atoms with E-state index in [2.05, 4.69) is 11.8 Å². The van der Waals surface area contributed by atoms with Crippen molar-refractivity contribution in [2.24, 2.45) is 0 Å². The molecule has 0 rings (SSSR count). The molecule has 0 saturated carbocycles. The van der Waals surface area contributed by atoms with Crippen molar-refractivity contribution in [3.05, 3.63) is 0 Å². The molecular formula is C6H9O2Rb. The van der Waals surface area contributed by atoms with Gasteiger partial charge in [0.1, 0.15) is 0 Å². The molecule has 0 aliphatic rings. The fourth-order valence-corrected chi connectivity index (χ4v) is 0.280. The topological polar surface area (TPSA) is 43.3 Å². The van der Waals surface area contributed by atoms with Gasteiger partial charge >= 0.3 is 58.2 Å². The summed E-state index contributed by atoms with van der Waals surface area (Å²) in [5.41, 5.74) is 0. The van der Waals surface area contributed by atoms with E-state index in [1.807, 2.05) is 0 Å². The van der Waals surface area contributed by atoms with Crippen LogP contribution in [-0.2, 0) is 0 Å². The zero-order valence-electron chi connectivity index (χ0n) is 5.85. The molecule has 0 aliphatic heterocycles. The van der Waals surface area contributed by atoms with Crippen molar-refractivity contribution in [3.63, 3.8) is 0 Å². The van der Waals surface area contributed by atoms with Gasteiger partial charge in [0, 0.05) is 6.61 Å². The van der Waals surface area contributed by atoms with E-state index in [1.54, 1.807) is 6.92 Å². The first-order valence-electron chi connectivity index (χ1n) is 2.47. The van der Waals surface area contributed by atoms with Crippen LogP contribution < -0.4 is 63.3 Å². The number of hydrogen-bond acceptors (Lipinski definition) is 2. The van der Waals surface area contributed by atoms with Crippen molar-refractivity contribution < 1.29 is 68.4 Å². The van der Waals surface area contributed by atoms with Gasteiger partial charge in [-0.05, 0) is 13.3 Å². The van der Waals surface area contributed by atoms with Gasteiger partial charge in [-0.25, -0.2) is 0 Å². The quantitative estimate of drug-likeness (QED) is 0.462. The Bertz CT molecular complexity index is 103. The van der Waals surface area contributed by atoms with E-state index in [0.29, 0.717) is 0 Å². The molecule has 0 unspecified atom stereocenters. The van der Waals surface area contributed by atoms with E-state index in [1.165, 1.54) is 0 Å². The van der Waals surface area contributed by atoms with Crippen molar-refractivity contribution in [3.8, 4) is 11.8 Å². The normalized spacial score (nSPS) is 10.6. The third-order valence-corrected chi connectivity index (χ3v) is 0.710. The van der Waals surface area contributed by atoms with Gasteiger partial charge < -0.3 is 10.2 Å². The Morgan fingerprint density at radius 1 is 1.67 bits per heavy atom. The van der Waals surface area contributed by atoms with Gasteiger partial charge in [-0.2, -0.15) is 0 Å². The van der Waals surface area contributed by atoms with E-state index in [-0.39, 0.29) is 71.2 Å². The van der Waals surface area contributed by atoms with Crippen LogP contribution in [0.4, 0.5) is 0 Å². The summed E-state index contributed by atoms with van der Waals surface area (Å²) in [6.07, 6.45) is -0.657. The Labute approximate surface area is 104 Å². The van der Waals surface area contributed by atoms with Gasteiger partial charge in [-0.15, -0.1) is 11.8 Å². The molecule has 46 valence electrons. The molecule has 0 spiro atoms. The van der Waals surface area contributed by atoms with E-state index < -0.39 is 6.10 Å². The average molecular weight is 199 g/mol. The summed E-state index contributed by atoms with van der Waals surface area (Å²) in [6, 6.07) is 0. The summed E-state index contributed by atoms with van der Waals surface area (Å²) < 4.78 is 0. The van der Waals surface area contributed by atoms with Crippen LogP contribution in [0.15, 0.2) is 0 Å². The third kappa shape index (κ3) is 9.29. The SMILES string of the molecule is CC#CC[C@@H]([O-])CO.[Rb+]. The zero-order chi connectivity index (χ0) is 6.41. The van der Waals surface area contributed by atoms with Crippen LogP contribution in [0.5, 0.6) is 0 Å². The summed E-state index contributed by atoms with van der Waals surface area (Å²) >= 11 is 0. The summed E-state index contributed by atoms with van der Waals surface area (Å²) in [6.45, 7) is 1.36. The molecule has 0 heterocycles. The fourth-order valence-electron chi connectivity index (χ4n) is 0.280. The van der Waals surface area contributed by atoms with E-state index in [9.17, 15) is 5.11 Å².